The van der Waals surface area contributed by atoms with Crippen LogP contribution in [-0.2, 0) is 0 Å². The Morgan fingerprint density at radius 2 is 1.59 bits per heavy atom. The first-order valence-corrected chi connectivity index (χ1v) is 8.25. The summed E-state index contributed by atoms with van der Waals surface area (Å²) in [5.41, 5.74) is 8.89. The lowest BCUT2D eigenvalue weighted by Crippen LogP contribution is -2.06. The zero-order valence-electron chi connectivity index (χ0n) is 15.6. The number of nitrogens with zero attached hydrogens (tertiary/aromatic N) is 1. The van der Waals surface area contributed by atoms with E-state index >= 15 is 0 Å². The molecule has 140 valence electrons. The minimum Gasteiger partial charge on any atom is -0.493 e. The first-order chi connectivity index (χ1) is 13.0. The number of aromatic nitrogens is 2. The largest absolute Gasteiger partial charge is 0.493 e. The van der Waals surface area contributed by atoms with Gasteiger partial charge in [0.25, 0.3) is 0 Å². The maximum atomic E-state index is 13.2. The van der Waals surface area contributed by atoms with Crippen molar-refractivity contribution in [1.82, 2.24) is 9.97 Å². The van der Waals surface area contributed by atoms with E-state index in [1.807, 2.05) is 31.2 Å². The number of imidazole rings is 1. The van der Waals surface area contributed by atoms with Gasteiger partial charge in [0, 0.05) is 11.1 Å². The second kappa shape index (κ2) is 7.41. The molecule has 0 fully saturated rings. The van der Waals surface area contributed by atoms with E-state index in [2.05, 4.69) is 9.97 Å². The molecule has 7 heteroatoms. The number of H-pyrrole nitrogens is 1. The second-order valence-corrected chi connectivity index (χ2v) is 5.95. The van der Waals surface area contributed by atoms with Crippen molar-refractivity contribution in [2.75, 3.05) is 27.1 Å². The molecule has 27 heavy (non-hydrogen) atoms. The van der Waals surface area contributed by atoms with Gasteiger partial charge in [-0.3, -0.25) is 4.79 Å². The summed E-state index contributed by atoms with van der Waals surface area (Å²) in [4.78, 5) is 20.3. The topological polar surface area (TPSA) is 99.5 Å². The number of hydrogen-bond acceptors (Lipinski definition) is 6. The molecule has 0 amide bonds. The zero-order chi connectivity index (χ0) is 19.6. The van der Waals surface area contributed by atoms with Gasteiger partial charge in [-0.25, -0.2) is 4.98 Å². The highest BCUT2D eigenvalue weighted by atomic mass is 16.5. The summed E-state index contributed by atoms with van der Waals surface area (Å²) in [7, 11) is 4.50. The van der Waals surface area contributed by atoms with Gasteiger partial charge in [-0.15, -0.1) is 0 Å². The number of anilines is 1. The lowest BCUT2D eigenvalue weighted by molar-refractivity contribution is 0.103. The van der Waals surface area contributed by atoms with Gasteiger partial charge in [-0.05, 0) is 19.1 Å². The predicted molar refractivity (Wildman–Crippen MR) is 103 cm³/mol. The molecule has 0 unspecified atom stereocenters. The van der Waals surface area contributed by atoms with E-state index < -0.39 is 0 Å². The van der Waals surface area contributed by atoms with Crippen molar-refractivity contribution < 1.29 is 19.0 Å². The van der Waals surface area contributed by atoms with Crippen molar-refractivity contribution in [2.45, 2.75) is 6.92 Å². The highest BCUT2D eigenvalue weighted by Crippen LogP contribution is 2.39. The van der Waals surface area contributed by atoms with Crippen molar-refractivity contribution in [3.63, 3.8) is 0 Å². The molecule has 1 aromatic heterocycles. The molecule has 2 aromatic carbocycles. The third-order valence-corrected chi connectivity index (χ3v) is 4.20. The van der Waals surface area contributed by atoms with Crippen molar-refractivity contribution in [1.29, 1.82) is 0 Å². The van der Waals surface area contributed by atoms with Gasteiger partial charge in [-0.1, -0.05) is 29.8 Å². The van der Waals surface area contributed by atoms with Crippen molar-refractivity contribution in [3.8, 4) is 28.5 Å². The molecule has 0 atom stereocenters. The quantitative estimate of drug-likeness (QED) is 0.649. The van der Waals surface area contributed by atoms with Gasteiger partial charge >= 0.3 is 0 Å². The van der Waals surface area contributed by atoms with E-state index in [0.29, 0.717) is 34.2 Å². The van der Waals surface area contributed by atoms with Gasteiger partial charge < -0.3 is 24.9 Å². The van der Waals surface area contributed by atoms with Gasteiger partial charge in [0.15, 0.2) is 17.4 Å². The van der Waals surface area contributed by atoms with Crippen LogP contribution in [0.4, 0.5) is 5.95 Å². The Labute approximate surface area is 157 Å². The summed E-state index contributed by atoms with van der Waals surface area (Å²) in [5.74, 6) is 1.09. The molecular weight excluding hydrogens is 346 g/mol. The van der Waals surface area contributed by atoms with Gasteiger partial charge in [0.1, 0.15) is 11.4 Å². The number of hydrogen-bond donors (Lipinski definition) is 2. The molecule has 3 rings (SSSR count). The summed E-state index contributed by atoms with van der Waals surface area (Å²) < 4.78 is 16.0. The molecule has 7 nitrogen and oxygen atoms in total. The normalized spacial score (nSPS) is 10.5. The Hall–Kier alpha value is -3.48. The Morgan fingerprint density at radius 1 is 1.00 bits per heavy atom. The fourth-order valence-electron chi connectivity index (χ4n) is 2.83. The van der Waals surface area contributed by atoms with Crippen LogP contribution in [0.1, 0.15) is 21.6 Å². The minimum atomic E-state index is -0.283. The molecule has 3 N–H and O–H groups in total. The zero-order valence-corrected chi connectivity index (χ0v) is 15.6. The summed E-state index contributed by atoms with van der Waals surface area (Å²) in [6.07, 6.45) is 0. The second-order valence-electron chi connectivity index (χ2n) is 5.95. The van der Waals surface area contributed by atoms with E-state index in [-0.39, 0.29) is 11.7 Å². The van der Waals surface area contributed by atoms with Crippen molar-refractivity contribution >= 4 is 11.7 Å². The van der Waals surface area contributed by atoms with Gasteiger partial charge in [0.2, 0.25) is 11.5 Å². The summed E-state index contributed by atoms with van der Waals surface area (Å²) in [5, 5.41) is 0. The third kappa shape index (κ3) is 3.44. The number of nitrogen functional groups attached to an aromatic ring is 1. The highest BCUT2D eigenvalue weighted by molar-refractivity contribution is 6.12. The number of aryl methyl sites for hydroxylation is 1. The molecule has 0 spiro atoms. The van der Waals surface area contributed by atoms with Crippen LogP contribution in [0, 0.1) is 6.92 Å². The minimum absolute atomic E-state index is 0.168. The standard InChI is InChI=1S/C20H21N3O4/c1-11-5-7-12(8-6-11)16-17(23-20(21)22-16)18(24)13-9-14(25-2)19(27-4)15(10-13)26-3/h5-10H,1-4H3,(H3,21,22,23). The Bertz CT molecular complexity index is 952. The van der Waals surface area contributed by atoms with E-state index in [4.69, 9.17) is 19.9 Å². The monoisotopic (exact) mass is 367 g/mol. The van der Waals surface area contributed by atoms with E-state index in [1.54, 1.807) is 12.1 Å². The molecule has 0 radical (unpaired) electrons. The fraction of sp³-hybridized carbons (Fsp3) is 0.200. The molecule has 0 saturated heterocycles. The molecule has 0 aliphatic carbocycles. The predicted octanol–water partition coefficient (Wildman–Crippen LogP) is 3.22. The van der Waals surface area contributed by atoms with Crippen LogP contribution in [0.5, 0.6) is 17.2 Å². The molecule has 0 bridgehead atoms. The average molecular weight is 367 g/mol. The van der Waals surface area contributed by atoms with Crippen LogP contribution in [0.2, 0.25) is 0 Å². The number of aromatic amines is 1. The summed E-state index contributed by atoms with van der Waals surface area (Å²) in [6.45, 7) is 1.99. The SMILES string of the molecule is COc1cc(C(=O)c2[nH]c(N)nc2-c2ccc(C)cc2)cc(OC)c1OC. The van der Waals surface area contributed by atoms with E-state index in [9.17, 15) is 4.79 Å². The van der Waals surface area contributed by atoms with Crippen LogP contribution in [-0.4, -0.2) is 37.1 Å². The average Bonchev–Trinajstić information content (AvgIpc) is 3.08. The lowest BCUT2D eigenvalue weighted by atomic mass is 10.0. The molecule has 0 aliphatic heterocycles. The lowest BCUT2D eigenvalue weighted by Gasteiger charge is -2.13. The van der Waals surface area contributed by atoms with Crippen LogP contribution in [0.25, 0.3) is 11.3 Å². The molecule has 0 saturated carbocycles. The maximum absolute atomic E-state index is 13.2. The summed E-state index contributed by atoms with van der Waals surface area (Å²) >= 11 is 0. The number of benzene rings is 2. The third-order valence-electron chi connectivity index (χ3n) is 4.20. The highest BCUT2D eigenvalue weighted by Gasteiger charge is 2.23. The van der Waals surface area contributed by atoms with Crippen LogP contribution in [0.3, 0.4) is 0 Å². The Balaban J connectivity index is 2.11. The number of ketones is 1. The first-order valence-electron chi connectivity index (χ1n) is 8.25. The van der Waals surface area contributed by atoms with Gasteiger partial charge in [-0.2, -0.15) is 0 Å². The smallest absolute Gasteiger partial charge is 0.211 e. The summed E-state index contributed by atoms with van der Waals surface area (Å²) in [6, 6.07) is 10.9. The first kappa shape index (κ1) is 18.3. The number of rotatable bonds is 6. The van der Waals surface area contributed by atoms with Gasteiger partial charge in [0.05, 0.1) is 21.3 Å². The van der Waals surface area contributed by atoms with E-state index in [1.165, 1.54) is 21.3 Å². The fourth-order valence-corrected chi connectivity index (χ4v) is 2.83. The Morgan fingerprint density at radius 3 is 2.11 bits per heavy atom. The number of carbonyl (C=O) groups is 1. The number of methoxy groups -OCH3 is 3. The molecule has 0 aliphatic rings. The van der Waals surface area contributed by atoms with Crippen molar-refractivity contribution in [3.05, 3.63) is 53.2 Å². The molecule has 1 heterocycles. The van der Waals surface area contributed by atoms with E-state index in [0.717, 1.165) is 11.1 Å². The van der Waals surface area contributed by atoms with Crippen LogP contribution in [0.15, 0.2) is 36.4 Å². The maximum Gasteiger partial charge on any atom is 0.211 e. The number of nitrogens with one attached hydrogen (secondary N) is 1. The number of carbonyl (C=O) groups excluding carboxylic acids is 1. The van der Waals surface area contributed by atoms with Crippen LogP contribution < -0.4 is 19.9 Å². The van der Waals surface area contributed by atoms with Crippen LogP contribution >= 0.6 is 0 Å². The number of ether oxygens (including phenoxy) is 3. The number of nitrogens with two attached hydrogens (primary N) is 1. The van der Waals surface area contributed by atoms with Crippen molar-refractivity contribution in [2.24, 2.45) is 0 Å². The Kier molecular flexibility index (Phi) is 5.03. The molecule has 3 aromatic rings. The molecular formula is C20H21N3O4.